The summed E-state index contributed by atoms with van der Waals surface area (Å²) < 4.78 is 16.7. The highest BCUT2D eigenvalue weighted by Crippen LogP contribution is 2.62. The van der Waals surface area contributed by atoms with Crippen molar-refractivity contribution < 1.29 is 68.8 Å². The number of Topliss-reactive ketones (excluding diaryl/α,β-unsaturated/α-hetero) is 1. The van der Waals surface area contributed by atoms with E-state index in [-0.39, 0.29) is 29.7 Å². The Morgan fingerprint density at radius 3 is 2.38 bits per heavy atom. The van der Waals surface area contributed by atoms with Gasteiger partial charge in [-0.25, -0.2) is 9.59 Å². The lowest BCUT2D eigenvalue weighted by Gasteiger charge is -2.58. The van der Waals surface area contributed by atoms with Crippen LogP contribution in [0.3, 0.4) is 0 Å². The molecule has 15 heteroatoms. The fraction of sp³-hybridized carbons (Fsp3) is 0.567. The molecule has 0 unspecified atom stereocenters. The van der Waals surface area contributed by atoms with Gasteiger partial charge in [0.05, 0.1) is 23.4 Å². The Kier molecular flexibility index (Phi) is 9.31. The first-order chi connectivity index (χ1) is 21.0. The van der Waals surface area contributed by atoms with Crippen molar-refractivity contribution in [2.24, 2.45) is 5.92 Å². The molecule has 15 nitrogen and oxygen atoms in total. The van der Waals surface area contributed by atoms with Gasteiger partial charge < -0.3 is 49.7 Å². The number of hydrogen-bond donors (Lipinski definition) is 6. The summed E-state index contributed by atoms with van der Waals surface area (Å²) in [4.78, 5) is 62.9. The molecule has 1 aliphatic carbocycles. The van der Waals surface area contributed by atoms with Gasteiger partial charge in [0.2, 0.25) is 0 Å². The molecule has 1 aromatic carbocycles. The number of hydrogen-bond acceptors (Lipinski definition) is 13. The lowest BCUT2D eigenvalue weighted by Crippen LogP contribution is -2.71. The number of carbonyl (C=O) groups is 5. The van der Waals surface area contributed by atoms with Crippen LogP contribution in [-0.2, 0) is 38.9 Å². The Hall–Kier alpha value is -4.05. The molecule has 0 amide bonds. The molecule has 1 spiro atoms. The van der Waals surface area contributed by atoms with E-state index in [9.17, 15) is 44.4 Å². The number of piperidine rings is 1. The highest BCUT2D eigenvalue weighted by molar-refractivity contribution is 5.93. The average Bonchev–Trinajstić information content (AvgIpc) is 3.35. The van der Waals surface area contributed by atoms with Gasteiger partial charge in [-0.2, -0.15) is 0 Å². The van der Waals surface area contributed by atoms with Crippen LogP contribution < -0.4 is 4.74 Å². The van der Waals surface area contributed by atoms with Crippen LogP contribution in [0.15, 0.2) is 24.0 Å². The summed E-state index contributed by atoms with van der Waals surface area (Å²) in [6.07, 6.45) is -7.71. The van der Waals surface area contributed by atoms with Crippen molar-refractivity contribution in [2.75, 3.05) is 13.6 Å². The van der Waals surface area contributed by atoms with Crippen molar-refractivity contribution in [1.29, 1.82) is 0 Å². The quantitative estimate of drug-likeness (QED) is 0.172. The van der Waals surface area contributed by atoms with Crippen LogP contribution in [0, 0.1) is 12.8 Å². The predicted molar refractivity (Wildman–Crippen MR) is 150 cm³/mol. The molecule has 1 saturated heterocycles. The number of aryl methyl sites for hydroxylation is 1. The number of aliphatic hydroxyl groups is 3. The van der Waals surface area contributed by atoms with Crippen LogP contribution in [0.25, 0.3) is 0 Å². The Morgan fingerprint density at radius 2 is 1.76 bits per heavy atom. The van der Waals surface area contributed by atoms with Gasteiger partial charge in [0, 0.05) is 24.4 Å². The summed E-state index contributed by atoms with van der Waals surface area (Å²) in [7, 11) is 1.87. The van der Waals surface area contributed by atoms with Gasteiger partial charge in [0.15, 0.2) is 35.6 Å². The third-order valence-electron chi connectivity index (χ3n) is 9.28. The van der Waals surface area contributed by atoms with Crippen LogP contribution in [0.1, 0.15) is 50.7 Å². The van der Waals surface area contributed by atoms with Crippen molar-refractivity contribution in [3.63, 3.8) is 0 Å². The minimum Gasteiger partial charge on any atom is -0.504 e. The number of carboxylic acids is 2. The van der Waals surface area contributed by atoms with Gasteiger partial charge in [-0.1, -0.05) is 6.07 Å². The average molecular weight is 636 g/mol. The maximum Gasteiger partial charge on any atom is 0.344 e. The third kappa shape index (κ3) is 5.76. The SMILES string of the molecule is Cc1ccc(O)c2c1[C@]13CCN(C)[C@H](C)[C@]1(O)CC=C(OC(=O)C[C@H](CC(=O)[C@H](O)[C@@H](O)C(=O)O)C(=O)O[C@@H](C)C(=O)O)[C@@H]3O2. The Bertz CT molecular complexity index is 1440. The molecule has 3 aliphatic rings. The zero-order valence-corrected chi connectivity index (χ0v) is 25.1. The van der Waals surface area contributed by atoms with E-state index in [1.54, 1.807) is 6.07 Å². The number of phenols is 1. The van der Waals surface area contributed by atoms with Crippen LogP contribution in [0.2, 0.25) is 0 Å². The summed E-state index contributed by atoms with van der Waals surface area (Å²) in [5.74, 6) is -8.93. The normalized spacial score (nSPS) is 28.1. The van der Waals surface area contributed by atoms with Gasteiger partial charge in [0.1, 0.15) is 11.9 Å². The van der Waals surface area contributed by atoms with E-state index >= 15 is 0 Å². The molecule has 0 bridgehead atoms. The molecule has 45 heavy (non-hydrogen) atoms. The minimum atomic E-state index is -2.51. The molecule has 1 fully saturated rings. The molecule has 1 aromatic rings. The summed E-state index contributed by atoms with van der Waals surface area (Å²) in [6, 6.07) is 2.77. The van der Waals surface area contributed by atoms with Crippen LogP contribution in [-0.4, -0.2) is 115 Å². The first-order valence-electron chi connectivity index (χ1n) is 14.3. The fourth-order valence-corrected chi connectivity index (χ4v) is 6.61. The van der Waals surface area contributed by atoms with E-state index in [1.807, 2.05) is 25.8 Å². The molecule has 6 N–H and O–H groups in total. The number of carboxylic acid groups (broad SMARTS) is 2. The number of likely N-dealkylation sites (N-methyl/N-ethyl adjacent to an activating group) is 1. The number of aliphatic hydroxyl groups excluding tert-OH is 2. The molecule has 0 aromatic heterocycles. The van der Waals surface area contributed by atoms with Crippen molar-refractivity contribution in [3.05, 3.63) is 35.1 Å². The smallest absolute Gasteiger partial charge is 0.344 e. The number of aromatic hydroxyl groups is 1. The Morgan fingerprint density at radius 1 is 1.09 bits per heavy atom. The number of phenolic OH excluding ortho intramolecular Hbond substituents is 1. The molecular formula is C30H37NO14. The first kappa shape index (κ1) is 33.8. The van der Waals surface area contributed by atoms with Crippen LogP contribution in [0.5, 0.6) is 11.5 Å². The highest BCUT2D eigenvalue weighted by atomic mass is 16.6. The van der Waals surface area contributed by atoms with E-state index in [4.69, 9.17) is 24.4 Å². The number of benzene rings is 1. The van der Waals surface area contributed by atoms with Gasteiger partial charge in [-0.05, 0) is 58.5 Å². The van der Waals surface area contributed by atoms with Crippen LogP contribution in [0.4, 0.5) is 0 Å². The van der Waals surface area contributed by atoms with Crippen molar-refractivity contribution >= 4 is 29.7 Å². The fourth-order valence-electron chi connectivity index (χ4n) is 6.61. The minimum absolute atomic E-state index is 0.0184. The lowest BCUT2D eigenvalue weighted by molar-refractivity contribution is -0.170. The second-order valence-electron chi connectivity index (χ2n) is 11.9. The summed E-state index contributed by atoms with van der Waals surface area (Å²) in [5.41, 5.74) is -1.25. The lowest BCUT2D eigenvalue weighted by atomic mass is 9.54. The van der Waals surface area contributed by atoms with E-state index in [1.165, 1.54) is 12.1 Å². The Labute approximate surface area is 257 Å². The number of ether oxygens (including phenoxy) is 3. The highest BCUT2D eigenvalue weighted by Gasteiger charge is 2.69. The number of aliphatic carboxylic acids is 2. The Balaban J connectivity index is 1.64. The van der Waals surface area contributed by atoms with Gasteiger partial charge in [-0.3, -0.25) is 14.4 Å². The van der Waals surface area contributed by atoms with E-state index < -0.39 is 83.9 Å². The van der Waals surface area contributed by atoms with Gasteiger partial charge in [0.25, 0.3) is 0 Å². The molecule has 246 valence electrons. The topological polar surface area (TPSA) is 238 Å². The van der Waals surface area contributed by atoms with Gasteiger partial charge >= 0.3 is 23.9 Å². The van der Waals surface area contributed by atoms with Crippen molar-refractivity contribution in [2.45, 2.75) is 87.9 Å². The van der Waals surface area contributed by atoms with E-state index in [0.717, 1.165) is 12.5 Å². The third-order valence-corrected chi connectivity index (χ3v) is 9.28. The largest absolute Gasteiger partial charge is 0.504 e. The molecular weight excluding hydrogens is 598 g/mol. The monoisotopic (exact) mass is 635 g/mol. The molecule has 2 heterocycles. The number of nitrogens with zero attached hydrogens (tertiary/aromatic N) is 1. The van der Waals surface area contributed by atoms with Crippen molar-refractivity contribution in [1.82, 2.24) is 4.90 Å². The van der Waals surface area contributed by atoms with Crippen LogP contribution >= 0.6 is 0 Å². The molecule has 2 aliphatic heterocycles. The summed E-state index contributed by atoms with van der Waals surface area (Å²) in [6.45, 7) is 5.23. The molecule has 0 radical (unpaired) electrons. The van der Waals surface area contributed by atoms with E-state index in [2.05, 4.69) is 0 Å². The van der Waals surface area contributed by atoms with Gasteiger partial charge in [-0.15, -0.1) is 0 Å². The number of fused-ring (bicyclic) bond motifs is 1. The summed E-state index contributed by atoms with van der Waals surface area (Å²) >= 11 is 0. The maximum absolute atomic E-state index is 13.3. The second-order valence-corrected chi connectivity index (χ2v) is 11.9. The first-order valence-corrected chi connectivity index (χ1v) is 14.3. The van der Waals surface area contributed by atoms with E-state index in [0.29, 0.717) is 18.5 Å². The predicted octanol–water partition coefficient (Wildman–Crippen LogP) is -0.226. The maximum atomic E-state index is 13.3. The molecule has 4 rings (SSSR count). The molecule has 0 saturated carbocycles. The number of rotatable bonds is 11. The van der Waals surface area contributed by atoms with Crippen molar-refractivity contribution in [3.8, 4) is 11.5 Å². The number of esters is 2. The number of ketones is 1. The zero-order chi connectivity index (χ0) is 33.6. The standard InChI is InChI=1S/C30H37NO14/c1-13-5-6-17(32)24-21(13)29-9-10-31(4)15(3)30(29,42)8-7-19(25(29)45-24)44-20(34)12-16(28(41)43-14(2)26(37)38)11-18(33)22(35)23(36)27(39)40/h5-7,14-16,22-23,25,32,35-36,42H,8-12H2,1-4H3,(H,37,38)(H,39,40)/t14-,15+,16-,22-,23+,25-,29-,30+/m0/s1. The number of likely N-dealkylation sites (tertiary alicyclic amines) is 1. The zero-order valence-electron chi connectivity index (χ0n) is 25.1. The molecule has 8 atom stereocenters. The number of carbonyl (C=O) groups excluding carboxylic acids is 3. The summed E-state index contributed by atoms with van der Waals surface area (Å²) in [5, 5.41) is 60.5. The second kappa shape index (κ2) is 12.4.